The van der Waals surface area contributed by atoms with Gasteiger partial charge >= 0.3 is 0 Å². The van der Waals surface area contributed by atoms with Crippen LogP contribution in [0.4, 0.5) is 5.69 Å². The molecule has 3 N–H and O–H groups in total. The van der Waals surface area contributed by atoms with Crippen LogP contribution in [0.3, 0.4) is 0 Å². The monoisotopic (exact) mass is 486 g/mol. The van der Waals surface area contributed by atoms with Gasteiger partial charge in [0.25, 0.3) is 10.0 Å². The molecule has 0 saturated heterocycles. The van der Waals surface area contributed by atoms with Gasteiger partial charge in [-0.3, -0.25) is 14.3 Å². The molecule has 184 valence electrons. The van der Waals surface area contributed by atoms with Gasteiger partial charge in [-0.05, 0) is 71.5 Å². The van der Waals surface area contributed by atoms with E-state index in [2.05, 4.69) is 26.1 Å². The molecule has 1 aromatic rings. The maximum absolute atomic E-state index is 13.3. The van der Waals surface area contributed by atoms with E-state index in [1.165, 1.54) is 4.31 Å². The average molecular weight is 487 g/mol. The number of anilines is 1. The van der Waals surface area contributed by atoms with Crippen LogP contribution >= 0.6 is 0 Å². The predicted molar refractivity (Wildman–Crippen MR) is 138 cm³/mol. The minimum absolute atomic E-state index is 0.235. The Balaban J connectivity index is 1.57. The zero-order chi connectivity index (χ0) is 24.5. The van der Waals surface area contributed by atoms with Gasteiger partial charge in [-0.25, -0.2) is 18.8 Å². The lowest BCUT2D eigenvalue weighted by molar-refractivity contribution is 0.420. The van der Waals surface area contributed by atoms with Gasteiger partial charge in [-0.2, -0.15) is 0 Å². The zero-order valence-electron chi connectivity index (χ0n) is 20.5. The van der Waals surface area contributed by atoms with E-state index in [0.29, 0.717) is 24.5 Å². The first kappa shape index (κ1) is 24.4. The summed E-state index contributed by atoms with van der Waals surface area (Å²) >= 11 is 0. The summed E-state index contributed by atoms with van der Waals surface area (Å²) in [6.07, 6.45) is 3.64. The van der Waals surface area contributed by atoms with Crippen molar-refractivity contribution in [3.63, 3.8) is 0 Å². The molecule has 2 atom stereocenters. The molecule has 0 fully saturated rings. The number of hydrogen-bond donors (Lipinski definition) is 3. The molecule has 3 heterocycles. The summed E-state index contributed by atoms with van der Waals surface area (Å²) in [4.78, 5) is 14.9. The molecule has 0 aliphatic carbocycles. The lowest BCUT2D eigenvalue weighted by Gasteiger charge is -2.33. The Bertz CT molecular complexity index is 1150. The van der Waals surface area contributed by atoms with Crippen molar-refractivity contribution in [2.45, 2.75) is 44.1 Å². The number of likely N-dealkylation sites (N-methyl/N-ethyl adjacent to an activating group) is 1. The van der Waals surface area contributed by atoms with Gasteiger partial charge in [0.2, 0.25) is 0 Å². The first-order chi connectivity index (χ1) is 16.1. The fourth-order valence-corrected chi connectivity index (χ4v) is 5.80. The molecule has 0 bridgehead atoms. The normalized spacial score (nSPS) is 25.8. The number of nitrogens with zero attached hydrogens (tertiary/aromatic N) is 5. The maximum Gasteiger partial charge on any atom is 0.260 e. The van der Waals surface area contributed by atoms with Crippen LogP contribution in [0.5, 0.6) is 0 Å². The van der Waals surface area contributed by atoms with Gasteiger partial charge in [-0.15, -0.1) is 0 Å². The number of amidine groups is 2. The van der Waals surface area contributed by atoms with Crippen molar-refractivity contribution < 1.29 is 8.42 Å². The third kappa shape index (κ3) is 4.59. The molecule has 4 rings (SSSR count). The molecule has 0 spiro atoms. The largest absolute Gasteiger partial charge is 0.325 e. The Hall–Kier alpha value is -2.76. The van der Waals surface area contributed by atoms with Crippen LogP contribution in [0.25, 0.3) is 0 Å². The van der Waals surface area contributed by atoms with Crippen molar-refractivity contribution in [3.8, 4) is 0 Å². The number of nitrogens with one attached hydrogen (secondary N) is 3. The van der Waals surface area contributed by atoms with Gasteiger partial charge in [0.1, 0.15) is 17.8 Å². The minimum atomic E-state index is -3.65. The average Bonchev–Trinajstić information content (AvgIpc) is 3.19. The van der Waals surface area contributed by atoms with E-state index >= 15 is 0 Å². The van der Waals surface area contributed by atoms with Gasteiger partial charge in [0.15, 0.2) is 4.87 Å². The first-order valence-electron chi connectivity index (χ1n) is 11.5. The second-order valence-corrected chi connectivity index (χ2v) is 11.6. The molecular weight excluding hydrogens is 452 g/mol. The summed E-state index contributed by atoms with van der Waals surface area (Å²) in [5.74, 6) is 1.47. The van der Waals surface area contributed by atoms with Crippen LogP contribution in [0.1, 0.15) is 38.7 Å². The highest BCUT2D eigenvalue weighted by molar-refractivity contribution is 7.94. The van der Waals surface area contributed by atoms with Crippen LogP contribution in [-0.4, -0.2) is 76.5 Å². The Morgan fingerprint density at radius 1 is 1.21 bits per heavy atom. The summed E-state index contributed by atoms with van der Waals surface area (Å²) in [6, 6.07) is 7.35. The summed E-state index contributed by atoms with van der Waals surface area (Å²) in [5.41, 5.74) is 9.76. The molecule has 3 aliphatic heterocycles. The highest BCUT2D eigenvalue weighted by Gasteiger charge is 2.42. The van der Waals surface area contributed by atoms with E-state index in [1.807, 2.05) is 33.2 Å². The SMILES string of the molecule is CC1=C2C(=NCCN(C)C)NC(c3ccc(N(C)S(=O)(=O)[C@]4(C)CCCC=N4)cc3)=NC2NN1. The summed E-state index contributed by atoms with van der Waals surface area (Å²) < 4.78 is 27.9. The predicted octanol–water partition coefficient (Wildman–Crippen LogP) is 1.44. The lowest BCUT2D eigenvalue weighted by Crippen LogP contribution is -2.45. The van der Waals surface area contributed by atoms with Crippen LogP contribution in [0, 0.1) is 0 Å². The number of rotatable bonds is 7. The maximum atomic E-state index is 13.3. The van der Waals surface area contributed by atoms with Crippen LogP contribution in [0.2, 0.25) is 0 Å². The fourth-order valence-electron chi connectivity index (χ4n) is 4.20. The summed E-state index contributed by atoms with van der Waals surface area (Å²) in [7, 11) is 1.97. The molecule has 10 nitrogen and oxygen atoms in total. The number of hydrogen-bond acceptors (Lipinski definition) is 8. The van der Waals surface area contributed by atoms with E-state index in [0.717, 1.165) is 42.1 Å². The Morgan fingerprint density at radius 2 is 1.94 bits per heavy atom. The fraction of sp³-hybridized carbons (Fsp3) is 0.522. The molecule has 3 aliphatic rings. The van der Waals surface area contributed by atoms with Crippen molar-refractivity contribution in [1.82, 2.24) is 21.1 Å². The van der Waals surface area contributed by atoms with Crippen molar-refractivity contribution in [2.24, 2.45) is 15.0 Å². The van der Waals surface area contributed by atoms with Gasteiger partial charge in [-0.1, -0.05) is 0 Å². The molecule has 1 aromatic carbocycles. The number of fused-ring (bicyclic) bond motifs is 1. The van der Waals surface area contributed by atoms with Gasteiger partial charge < -0.3 is 15.6 Å². The molecule has 0 saturated carbocycles. The summed E-state index contributed by atoms with van der Waals surface area (Å²) in [5, 5.41) is 3.37. The molecule has 1 unspecified atom stereocenters. The van der Waals surface area contributed by atoms with Crippen molar-refractivity contribution in [3.05, 3.63) is 41.1 Å². The molecular formula is C23H34N8O2S. The number of sulfonamides is 1. The van der Waals surface area contributed by atoms with Gasteiger partial charge in [0, 0.05) is 31.1 Å². The second-order valence-electron chi connectivity index (χ2n) is 9.25. The minimum Gasteiger partial charge on any atom is -0.325 e. The highest BCUT2D eigenvalue weighted by atomic mass is 32.2. The van der Waals surface area contributed by atoms with E-state index in [-0.39, 0.29) is 6.17 Å². The zero-order valence-corrected chi connectivity index (χ0v) is 21.3. The Kier molecular flexibility index (Phi) is 6.79. The Labute approximate surface area is 202 Å². The van der Waals surface area contributed by atoms with E-state index in [9.17, 15) is 8.42 Å². The molecule has 0 radical (unpaired) electrons. The summed E-state index contributed by atoms with van der Waals surface area (Å²) in [6.45, 7) is 5.19. The first-order valence-corrected chi connectivity index (χ1v) is 13.0. The number of benzene rings is 1. The quantitative estimate of drug-likeness (QED) is 0.538. The lowest BCUT2D eigenvalue weighted by atomic mass is 10.1. The number of allylic oxidation sites excluding steroid dienone is 1. The number of aliphatic imine (C=N–C) groups is 3. The molecule has 0 aromatic heterocycles. The van der Waals surface area contributed by atoms with Crippen molar-refractivity contribution in [2.75, 3.05) is 38.5 Å². The smallest absolute Gasteiger partial charge is 0.260 e. The van der Waals surface area contributed by atoms with Crippen molar-refractivity contribution in [1.29, 1.82) is 0 Å². The Morgan fingerprint density at radius 3 is 2.59 bits per heavy atom. The molecule has 0 amide bonds. The van der Waals surface area contributed by atoms with Crippen LogP contribution in [0.15, 0.2) is 50.5 Å². The standard InChI is InChI=1S/C23H34N8O2S/c1-16-19-21(24-14-15-30(3)4)26-20(27-22(19)29-28-16)17-8-10-18(11-9-17)31(5)34(32,33)23(2)12-6-7-13-25-23/h8-11,13,22,28-29H,6-7,12,14-15H2,1-5H3,(H,24,26,27)/t22?,23-/m1/s1. The van der Waals surface area contributed by atoms with Crippen LogP contribution in [-0.2, 0) is 10.0 Å². The van der Waals surface area contributed by atoms with Gasteiger partial charge in [0.05, 0.1) is 17.8 Å². The van der Waals surface area contributed by atoms with E-state index < -0.39 is 14.9 Å². The number of hydrazine groups is 1. The molecule has 11 heteroatoms. The second kappa shape index (κ2) is 9.47. The topological polar surface area (TPSA) is 114 Å². The van der Waals surface area contributed by atoms with Crippen LogP contribution < -0.4 is 20.5 Å². The highest BCUT2D eigenvalue weighted by Crippen LogP contribution is 2.33. The van der Waals surface area contributed by atoms with E-state index in [1.54, 1.807) is 32.3 Å². The van der Waals surface area contributed by atoms with E-state index in [4.69, 9.17) is 9.98 Å². The van der Waals surface area contributed by atoms with Crippen molar-refractivity contribution >= 4 is 33.6 Å². The third-order valence-electron chi connectivity index (χ3n) is 6.40. The third-order valence-corrected chi connectivity index (χ3v) is 8.75. The molecule has 34 heavy (non-hydrogen) atoms.